The predicted octanol–water partition coefficient (Wildman–Crippen LogP) is 2.99. The first-order valence-electron chi connectivity index (χ1n) is 6.95. The van der Waals surface area contributed by atoms with Crippen LogP contribution >= 0.6 is 0 Å². The summed E-state index contributed by atoms with van der Waals surface area (Å²) in [7, 11) is -3.72. The zero-order valence-corrected chi connectivity index (χ0v) is 14.4. The molecule has 0 bridgehead atoms. The number of nitrogens with two attached hydrogens (primary N) is 1. The maximum atomic E-state index is 13.5. The molecule has 4 nitrogen and oxygen atoms in total. The molecule has 0 heterocycles. The first-order chi connectivity index (χ1) is 9.40. The quantitative estimate of drug-likeness (QED) is 0.820. The van der Waals surface area contributed by atoms with Gasteiger partial charge < -0.3 is 5.73 Å². The first-order valence-corrected chi connectivity index (χ1v) is 8.43. The van der Waals surface area contributed by atoms with Gasteiger partial charge in [-0.2, -0.15) is 0 Å². The third kappa shape index (κ3) is 3.74. The summed E-state index contributed by atoms with van der Waals surface area (Å²) < 4.78 is 41.2. The van der Waals surface area contributed by atoms with Crippen molar-refractivity contribution in [1.82, 2.24) is 4.72 Å². The molecule has 0 amide bonds. The third-order valence-corrected chi connectivity index (χ3v) is 5.94. The topological polar surface area (TPSA) is 72.2 Å². The van der Waals surface area contributed by atoms with Crippen LogP contribution in [0.2, 0.25) is 0 Å². The second-order valence-electron chi connectivity index (χ2n) is 6.51. The molecule has 3 N–H and O–H groups in total. The molecule has 0 fully saturated rings. The summed E-state index contributed by atoms with van der Waals surface area (Å²) >= 11 is 0. The minimum absolute atomic E-state index is 0.0703. The number of hydrogen-bond acceptors (Lipinski definition) is 3. The van der Waals surface area contributed by atoms with E-state index in [2.05, 4.69) is 4.72 Å². The van der Waals surface area contributed by atoms with Crippen LogP contribution in [0.15, 0.2) is 11.0 Å². The Morgan fingerprint density at radius 3 is 2.33 bits per heavy atom. The molecular formula is C15H25FN2O2S. The molecule has 0 unspecified atom stereocenters. The zero-order valence-electron chi connectivity index (χ0n) is 13.5. The highest BCUT2D eigenvalue weighted by Crippen LogP contribution is 2.29. The average Bonchev–Trinajstić information content (AvgIpc) is 2.33. The molecule has 0 aromatic heterocycles. The van der Waals surface area contributed by atoms with Crippen molar-refractivity contribution >= 4 is 15.7 Å². The van der Waals surface area contributed by atoms with Crippen LogP contribution in [0, 0.1) is 31.0 Å². The van der Waals surface area contributed by atoms with Crippen molar-refractivity contribution in [2.24, 2.45) is 11.3 Å². The third-order valence-electron chi connectivity index (χ3n) is 4.25. The first kappa shape index (κ1) is 17.9. The lowest BCUT2D eigenvalue weighted by atomic mass is 9.81. The van der Waals surface area contributed by atoms with Crippen LogP contribution in [0.1, 0.15) is 38.8 Å². The van der Waals surface area contributed by atoms with Gasteiger partial charge in [0.2, 0.25) is 10.0 Å². The van der Waals surface area contributed by atoms with Crippen molar-refractivity contribution in [3.8, 4) is 0 Å². The second kappa shape index (κ2) is 5.93. The van der Waals surface area contributed by atoms with Crippen LogP contribution in [-0.4, -0.2) is 15.0 Å². The van der Waals surface area contributed by atoms with E-state index in [0.29, 0.717) is 18.0 Å². The van der Waals surface area contributed by atoms with E-state index in [4.69, 9.17) is 5.73 Å². The van der Waals surface area contributed by atoms with Crippen LogP contribution in [-0.2, 0) is 10.0 Å². The van der Waals surface area contributed by atoms with E-state index in [1.54, 1.807) is 6.92 Å². The summed E-state index contributed by atoms with van der Waals surface area (Å²) in [6.07, 6.45) is 0. The van der Waals surface area contributed by atoms with Gasteiger partial charge in [-0.1, -0.05) is 27.7 Å². The Morgan fingerprint density at radius 2 is 1.86 bits per heavy atom. The van der Waals surface area contributed by atoms with Crippen LogP contribution < -0.4 is 10.5 Å². The van der Waals surface area contributed by atoms with Gasteiger partial charge in [0, 0.05) is 6.54 Å². The molecule has 0 radical (unpaired) electrons. The normalized spacial score (nSPS) is 13.0. The highest BCUT2D eigenvalue weighted by atomic mass is 32.2. The molecule has 6 heteroatoms. The number of benzene rings is 1. The van der Waals surface area contributed by atoms with E-state index < -0.39 is 15.8 Å². The standard InChI is InChI=1S/C15H25FN2O2S/c1-9(2)15(5,6)8-18-21(19,20)14-10(3)7-12(16)13(17)11(14)4/h7,9,18H,8,17H2,1-6H3. The predicted molar refractivity (Wildman–Crippen MR) is 84.1 cm³/mol. The largest absolute Gasteiger partial charge is 0.396 e. The minimum atomic E-state index is -3.72. The smallest absolute Gasteiger partial charge is 0.241 e. The number of anilines is 1. The molecule has 0 aliphatic carbocycles. The van der Waals surface area contributed by atoms with E-state index in [9.17, 15) is 12.8 Å². The van der Waals surface area contributed by atoms with E-state index in [1.165, 1.54) is 6.92 Å². The summed E-state index contributed by atoms with van der Waals surface area (Å²) in [6, 6.07) is 1.16. The van der Waals surface area contributed by atoms with Crippen LogP contribution in [0.25, 0.3) is 0 Å². The van der Waals surface area contributed by atoms with E-state index in [1.807, 2.05) is 27.7 Å². The fourth-order valence-electron chi connectivity index (χ4n) is 1.90. The minimum Gasteiger partial charge on any atom is -0.396 e. The van der Waals surface area contributed by atoms with Crippen molar-refractivity contribution in [1.29, 1.82) is 0 Å². The SMILES string of the molecule is Cc1cc(F)c(N)c(C)c1S(=O)(=O)NCC(C)(C)C(C)C. The van der Waals surface area contributed by atoms with Gasteiger partial charge in [-0.05, 0) is 42.4 Å². The Labute approximate surface area is 127 Å². The van der Waals surface area contributed by atoms with Crippen LogP contribution in [0.4, 0.5) is 10.1 Å². The lowest BCUT2D eigenvalue weighted by molar-refractivity contribution is 0.252. The Hall–Kier alpha value is -1.14. The number of halogens is 1. The maximum absolute atomic E-state index is 13.5. The van der Waals surface area contributed by atoms with Crippen molar-refractivity contribution in [3.05, 3.63) is 23.0 Å². The molecule has 1 rings (SSSR count). The summed E-state index contributed by atoms with van der Waals surface area (Å²) in [5.74, 6) is -0.271. The number of hydrogen-bond donors (Lipinski definition) is 2. The monoisotopic (exact) mass is 316 g/mol. The van der Waals surface area contributed by atoms with Gasteiger partial charge in [-0.15, -0.1) is 0 Å². The molecule has 21 heavy (non-hydrogen) atoms. The fraction of sp³-hybridized carbons (Fsp3) is 0.600. The molecule has 0 atom stereocenters. The summed E-state index contributed by atoms with van der Waals surface area (Å²) in [5.41, 5.74) is 5.92. The fourth-order valence-corrected chi connectivity index (χ4v) is 3.60. The van der Waals surface area contributed by atoms with Gasteiger partial charge >= 0.3 is 0 Å². The highest BCUT2D eigenvalue weighted by molar-refractivity contribution is 7.89. The second-order valence-corrected chi connectivity index (χ2v) is 8.21. The lowest BCUT2D eigenvalue weighted by Crippen LogP contribution is -2.37. The maximum Gasteiger partial charge on any atom is 0.241 e. The van der Waals surface area contributed by atoms with Gasteiger partial charge in [0.15, 0.2) is 0 Å². The highest BCUT2D eigenvalue weighted by Gasteiger charge is 2.28. The van der Waals surface area contributed by atoms with Crippen molar-refractivity contribution < 1.29 is 12.8 Å². The molecule has 0 aliphatic heterocycles. The number of sulfonamides is 1. The van der Waals surface area contributed by atoms with Gasteiger partial charge in [0.25, 0.3) is 0 Å². The van der Waals surface area contributed by atoms with Crippen LogP contribution in [0.3, 0.4) is 0 Å². The Morgan fingerprint density at radius 1 is 1.33 bits per heavy atom. The molecular weight excluding hydrogens is 291 g/mol. The number of nitrogen functional groups attached to an aromatic ring is 1. The molecule has 1 aromatic carbocycles. The van der Waals surface area contributed by atoms with Gasteiger partial charge in [0.1, 0.15) is 5.82 Å². The van der Waals surface area contributed by atoms with Crippen molar-refractivity contribution in [3.63, 3.8) is 0 Å². The average molecular weight is 316 g/mol. The van der Waals surface area contributed by atoms with E-state index >= 15 is 0 Å². The van der Waals surface area contributed by atoms with Crippen LogP contribution in [0.5, 0.6) is 0 Å². The molecule has 0 saturated carbocycles. The summed E-state index contributed by atoms with van der Waals surface area (Å²) in [5, 5.41) is 0. The van der Waals surface area contributed by atoms with E-state index in [0.717, 1.165) is 6.07 Å². The molecule has 0 spiro atoms. The summed E-state index contributed by atoms with van der Waals surface area (Å²) in [4.78, 5) is 0.0703. The molecule has 0 saturated heterocycles. The summed E-state index contributed by atoms with van der Waals surface area (Å²) in [6.45, 7) is 11.5. The number of rotatable bonds is 5. The molecule has 0 aliphatic rings. The van der Waals surface area contributed by atoms with Gasteiger partial charge in [0.05, 0.1) is 10.6 Å². The Balaban J connectivity index is 3.19. The van der Waals surface area contributed by atoms with E-state index in [-0.39, 0.29) is 21.6 Å². The lowest BCUT2D eigenvalue weighted by Gasteiger charge is -2.29. The zero-order chi connectivity index (χ0) is 16.6. The van der Waals surface area contributed by atoms with Crippen molar-refractivity contribution in [2.45, 2.75) is 46.4 Å². The van der Waals surface area contributed by atoms with Crippen molar-refractivity contribution in [2.75, 3.05) is 12.3 Å². The Kier molecular flexibility index (Phi) is 5.05. The van der Waals surface area contributed by atoms with Gasteiger partial charge in [-0.25, -0.2) is 17.5 Å². The number of aryl methyl sites for hydroxylation is 1. The molecule has 1 aromatic rings. The molecule has 120 valence electrons. The van der Waals surface area contributed by atoms with Gasteiger partial charge in [-0.3, -0.25) is 0 Å². The Bertz CT molecular complexity index is 638. The number of nitrogens with one attached hydrogen (secondary N) is 1.